The Morgan fingerprint density at radius 2 is 1.24 bits per heavy atom. The van der Waals surface area contributed by atoms with Crippen LogP contribution in [0.1, 0.15) is 19.3 Å². The smallest absolute Gasteiger partial charge is 0.317 e. The molecule has 0 bridgehead atoms. The molecule has 0 aliphatic rings. The van der Waals surface area contributed by atoms with Crippen LogP contribution < -0.4 is 0 Å². The van der Waals surface area contributed by atoms with Gasteiger partial charge in [0, 0.05) is 0 Å². The minimum absolute atomic E-state index is 0.315. The lowest BCUT2D eigenvalue weighted by Gasteiger charge is -2.11. The number of hydrogen-bond donors (Lipinski definition) is 4. The van der Waals surface area contributed by atoms with Crippen molar-refractivity contribution in [3.8, 4) is 0 Å². The maximum atomic E-state index is 10.6. The average molecular weight is 248 g/mol. The molecule has 0 fully saturated rings. The van der Waals surface area contributed by atoms with Gasteiger partial charge in [-0.3, -0.25) is 19.2 Å². The number of carboxylic acid groups (broad SMARTS) is 4. The number of carboxylic acids is 4. The van der Waals surface area contributed by atoms with Gasteiger partial charge in [0.2, 0.25) is 0 Å². The van der Waals surface area contributed by atoms with Crippen molar-refractivity contribution in [2.75, 3.05) is 0 Å². The minimum Gasteiger partial charge on any atom is -0.481 e. The fourth-order valence-corrected chi connectivity index (χ4v) is 1.24. The highest BCUT2D eigenvalue weighted by molar-refractivity contribution is 5.92. The Morgan fingerprint density at radius 3 is 1.53 bits per heavy atom. The highest BCUT2D eigenvalue weighted by atomic mass is 16.4. The fraction of sp³-hybridized carbons (Fsp3) is 0.556. The molecule has 1 unspecified atom stereocenters. The standard InChI is InChI=1S/C9H12O8/c10-6(11)3-4(7(12)13)1-2-5(8(14)15)9(16)17/h4-5H,1-3H2,(H,10,11)(H,12,13)(H,14,15)(H,16,17). The van der Waals surface area contributed by atoms with Crippen molar-refractivity contribution in [2.24, 2.45) is 11.8 Å². The third kappa shape index (κ3) is 5.50. The van der Waals surface area contributed by atoms with Gasteiger partial charge in [0.25, 0.3) is 0 Å². The second-order valence-corrected chi connectivity index (χ2v) is 3.44. The van der Waals surface area contributed by atoms with Crippen molar-refractivity contribution in [3.63, 3.8) is 0 Å². The molecule has 0 saturated heterocycles. The van der Waals surface area contributed by atoms with E-state index < -0.39 is 48.6 Å². The quantitative estimate of drug-likeness (QED) is 0.428. The summed E-state index contributed by atoms with van der Waals surface area (Å²) in [5, 5.41) is 34.1. The van der Waals surface area contributed by atoms with Crippen molar-refractivity contribution < 1.29 is 39.6 Å². The summed E-state index contributed by atoms with van der Waals surface area (Å²) in [7, 11) is 0. The molecular weight excluding hydrogens is 236 g/mol. The van der Waals surface area contributed by atoms with Crippen LogP contribution in [0.5, 0.6) is 0 Å². The first-order chi connectivity index (χ1) is 7.75. The molecule has 0 aromatic rings. The van der Waals surface area contributed by atoms with Crippen molar-refractivity contribution in [2.45, 2.75) is 19.3 Å². The van der Waals surface area contributed by atoms with E-state index in [-0.39, 0.29) is 6.42 Å². The summed E-state index contributed by atoms with van der Waals surface area (Å²) in [6, 6.07) is 0. The molecule has 0 radical (unpaired) electrons. The van der Waals surface area contributed by atoms with E-state index in [9.17, 15) is 19.2 Å². The molecule has 0 saturated carbocycles. The van der Waals surface area contributed by atoms with Gasteiger partial charge in [-0.15, -0.1) is 0 Å². The highest BCUT2D eigenvalue weighted by Gasteiger charge is 2.29. The van der Waals surface area contributed by atoms with Gasteiger partial charge < -0.3 is 20.4 Å². The molecule has 8 nitrogen and oxygen atoms in total. The summed E-state index contributed by atoms with van der Waals surface area (Å²) in [4.78, 5) is 42.0. The molecule has 0 heterocycles. The molecule has 0 amide bonds. The number of carbonyl (C=O) groups is 4. The van der Waals surface area contributed by atoms with Crippen LogP contribution in [0.4, 0.5) is 0 Å². The van der Waals surface area contributed by atoms with Crippen LogP contribution in [0.2, 0.25) is 0 Å². The molecule has 1 atom stereocenters. The predicted molar refractivity (Wildman–Crippen MR) is 51.4 cm³/mol. The molecule has 17 heavy (non-hydrogen) atoms. The zero-order chi connectivity index (χ0) is 13.6. The van der Waals surface area contributed by atoms with E-state index in [1.54, 1.807) is 0 Å². The lowest BCUT2D eigenvalue weighted by Crippen LogP contribution is -2.26. The SMILES string of the molecule is O=C(O)CC(CCC(C(=O)O)C(=O)O)C(=O)O. The lowest BCUT2D eigenvalue weighted by molar-refractivity contribution is -0.156. The molecule has 0 aromatic heterocycles. The predicted octanol–water partition coefficient (Wildman–Crippen LogP) is -0.272. The van der Waals surface area contributed by atoms with Crippen LogP contribution in [0, 0.1) is 11.8 Å². The van der Waals surface area contributed by atoms with Crippen LogP contribution >= 0.6 is 0 Å². The third-order valence-electron chi connectivity index (χ3n) is 2.17. The second-order valence-electron chi connectivity index (χ2n) is 3.44. The largest absolute Gasteiger partial charge is 0.481 e. The van der Waals surface area contributed by atoms with Gasteiger partial charge in [-0.2, -0.15) is 0 Å². The number of hydrogen-bond acceptors (Lipinski definition) is 4. The van der Waals surface area contributed by atoms with Gasteiger partial charge in [0.1, 0.15) is 0 Å². The lowest BCUT2D eigenvalue weighted by atomic mass is 9.93. The number of aliphatic carboxylic acids is 4. The molecule has 4 N–H and O–H groups in total. The maximum absolute atomic E-state index is 10.6. The molecule has 0 aliphatic carbocycles. The van der Waals surface area contributed by atoms with Gasteiger partial charge in [-0.25, -0.2) is 0 Å². The Labute approximate surface area is 95.5 Å². The normalized spacial score (nSPS) is 12.1. The highest BCUT2D eigenvalue weighted by Crippen LogP contribution is 2.17. The summed E-state index contributed by atoms with van der Waals surface area (Å²) >= 11 is 0. The number of rotatable bonds is 8. The Bertz CT molecular complexity index is 320. The average Bonchev–Trinajstić information content (AvgIpc) is 2.14. The van der Waals surface area contributed by atoms with E-state index in [1.165, 1.54) is 0 Å². The summed E-state index contributed by atoms with van der Waals surface area (Å²) in [5.41, 5.74) is 0. The molecule has 8 heteroatoms. The molecule has 0 aliphatic heterocycles. The van der Waals surface area contributed by atoms with Crippen molar-refractivity contribution in [3.05, 3.63) is 0 Å². The van der Waals surface area contributed by atoms with Crippen LogP contribution in [0.15, 0.2) is 0 Å². The van der Waals surface area contributed by atoms with Crippen LogP contribution in [0.3, 0.4) is 0 Å². The Morgan fingerprint density at radius 1 is 0.765 bits per heavy atom. The topological polar surface area (TPSA) is 149 Å². The minimum atomic E-state index is -1.72. The first-order valence-corrected chi connectivity index (χ1v) is 4.66. The van der Waals surface area contributed by atoms with Gasteiger partial charge in [0.05, 0.1) is 12.3 Å². The molecule has 0 spiro atoms. The Kier molecular flexibility index (Phi) is 5.65. The summed E-state index contributed by atoms with van der Waals surface area (Å²) in [5.74, 6) is -8.87. The van der Waals surface area contributed by atoms with Crippen molar-refractivity contribution >= 4 is 23.9 Å². The molecule has 96 valence electrons. The van der Waals surface area contributed by atoms with Crippen LogP contribution in [0.25, 0.3) is 0 Å². The Hall–Kier alpha value is -2.12. The van der Waals surface area contributed by atoms with Gasteiger partial charge >= 0.3 is 23.9 Å². The van der Waals surface area contributed by atoms with Gasteiger partial charge in [-0.1, -0.05) is 0 Å². The van der Waals surface area contributed by atoms with Crippen molar-refractivity contribution in [1.29, 1.82) is 0 Å². The third-order valence-corrected chi connectivity index (χ3v) is 2.17. The summed E-state index contributed by atoms with van der Waals surface area (Å²) in [6.07, 6.45) is -1.40. The fourth-order valence-electron chi connectivity index (χ4n) is 1.24. The van der Waals surface area contributed by atoms with E-state index in [1.807, 2.05) is 0 Å². The van der Waals surface area contributed by atoms with E-state index in [0.29, 0.717) is 0 Å². The summed E-state index contributed by atoms with van der Waals surface area (Å²) in [6.45, 7) is 0. The first-order valence-electron chi connectivity index (χ1n) is 4.66. The molecular formula is C9H12O8. The van der Waals surface area contributed by atoms with E-state index >= 15 is 0 Å². The Balaban J connectivity index is 4.47. The van der Waals surface area contributed by atoms with E-state index in [4.69, 9.17) is 20.4 Å². The monoisotopic (exact) mass is 248 g/mol. The van der Waals surface area contributed by atoms with Crippen LogP contribution in [-0.4, -0.2) is 44.3 Å². The van der Waals surface area contributed by atoms with E-state index in [0.717, 1.165) is 0 Å². The van der Waals surface area contributed by atoms with Gasteiger partial charge in [0.15, 0.2) is 5.92 Å². The van der Waals surface area contributed by atoms with Gasteiger partial charge in [-0.05, 0) is 12.8 Å². The van der Waals surface area contributed by atoms with Crippen LogP contribution in [-0.2, 0) is 19.2 Å². The second kappa shape index (κ2) is 6.46. The molecule has 0 rings (SSSR count). The summed E-state index contributed by atoms with van der Waals surface area (Å²) < 4.78 is 0. The zero-order valence-electron chi connectivity index (χ0n) is 8.70. The first kappa shape index (κ1) is 14.9. The van der Waals surface area contributed by atoms with E-state index in [2.05, 4.69) is 0 Å². The molecule has 0 aromatic carbocycles. The van der Waals surface area contributed by atoms with Crippen molar-refractivity contribution in [1.82, 2.24) is 0 Å². The zero-order valence-corrected chi connectivity index (χ0v) is 8.70. The maximum Gasteiger partial charge on any atom is 0.317 e.